The zero-order chi connectivity index (χ0) is 14.3. The van der Waals surface area contributed by atoms with Crippen LogP contribution in [-0.2, 0) is 0 Å². The van der Waals surface area contributed by atoms with Gasteiger partial charge in [-0.1, -0.05) is 13.3 Å². The summed E-state index contributed by atoms with van der Waals surface area (Å²) in [6, 6.07) is 0. The Bertz CT molecular complexity index is 184. The lowest BCUT2D eigenvalue weighted by Crippen LogP contribution is -2.40. The lowest BCUT2D eigenvalue weighted by atomic mass is 10.4. The average Bonchev–Trinajstić information content (AvgIpc) is 2.39. The van der Waals surface area contributed by atoms with Crippen LogP contribution in [0.3, 0.4) is 0 Å². The number of nitrogens with one attached hydrogen (secondary N) is 3. The standard InChI is InChI=1S/C13H32N4OS/c1-3-4-11-19-13(12(2)18)17-10-9-16-8-7-15-6-5-14/h12-13,15-18H,3-11,14H2,1-2H3. The van der Waals surface area contributed by atoms with Crippen molar-refractivity contribution in [3.63, 3.8) is 0 Å². The largest absolute Gasteiger partial charge is 0.391 e. The molecule has 0 radical (unpaired) electrons. The number of nitrogens with two attached hydrogens (primary N) is 1. The summed E-state index contributed by atoms with van der Waals surface area (Å²) in [5.74, 6) is 1.11. The van der Waals surface area contributed by atoms with Crippen LogP contribution in [0.15, 0.2) is 0 Å². The summed E-state index contributed by atoms with van der Waals surface area (Å²) in [5.41, 5.74) is 5.38. The number of aliphatic hydroxyl groups is 1. The predicted molar refractivity (Wildman–Crippen MR) is 85.6 cm³/mol. The van der Waals surface area contributed by atoms with E-state index in [0.717, 1.165) is 38.5 Å². The van der Waals surface area contributed by atoms with Crippen molar-refractivity contribution < 1.29 is 5.11 Å². The molecule has 0 aromatic carbocycles. The van der Waals surface area contributed by atoms with Crippen molar-refractivity contribution in [3.05, 3.63) is 0 Å². The van der Waals surface area contributed by atoms with E-state index in [4.69, 9.17) is 5.73 Å². The summed E-state index contributed by atoms with van der Waals surface area (Å²) < 4.78 is 0. The molecule has 2 atom stereocenters. The van der Waals surface area contributed by atoms with Gasteiger partial charge in [0.25, 0.3) is 0 Å². The number of hydrogen-bond acceptors (Lipinski definition) is 6. The molecular weight excluding hydrogens is 260 g/mol. The minimum absolute atomic E-state index is 0.142. The Balaban J connectivity index is 3.43. The highest BCUT2D eigenvalue weighted by molar-refractivity contribution is 7.99. The molecule has 0 aliphatic rings. The van der Waals surface area contributed by atoms with E-state index in [0.29, 0.717) is 6.54 Å². The highest BCUT2D eigenvalue weighted by Gasteiger charge is 2.13. The quantitative estimate of drug-likeness (QED) is 0.228. The second-order valence-electron chi connectivity index (χ2n) is 4.63. The van der Waals surface area contributed by atoms with Crippen molar-refractivity contribution in [2.75, 3.05) is 45.0 Å². The normalized spacial score (nSPS) is 14.5. The van der Waals surface area contributed by atoms with E-state index < -0.39 is 0 Å². The van der Waals surface area contributed by atoms with Gasteiger partial charge in [0.2, 0.25) is 0 Å². The van der Waals surface area contributed by atoms with Crippen LogP contribution >= 0.6 is 11.8 Å². The van der Waals surface area contributed by atoms with Crippen LogP contribution in [0.25, 0.3) is 0 Å². The summed E-state index contributed by atoms with van der Waals surface area (Å²) >= 11 is 1.81. The maximum atomic E-state index is 9.69. The van der Waals surface area contributed by atoms with Crippen LogP contribution in [0.1, 0.15) is 26.7 Å². The summed E-state index contributed by atoms with van der Waals surface area (Å²) in [6.45, 7) is 9.29. The molecule has 5 nitrogen and oxygen atoms in total. The van der Waals surface area contributed by atoms with Crippen LogP contribution in [0, 0.1) is 0 Å². The molecule has 0 bridgehead atoms. The van der Waals surface area contributed by atoms with E-state index in [9.17, 15) is 5.11 Å². The van der Waals surface area contributed by atoms with Gasteiger partial charge in [-0.05, 0) is 19.1 Å². The Morgan fingerprint density at radius 2 is 1.74 bits per heavy atom. The molecule has 6 N–H and O–H groups in total. The monoisotopic (exact) mass is 292 g/mol. The predicted octanol–water partition coefficient (Wildman–Crippen LogP) is -0.0459. The second-order valence-corrected chi connectivity index (χ2v) is 5.88. The molecule has 0 saturated carbocycles. The first-order chi connectivity index (χ1) is 9.22. The van der Waals surface area contributed by atoms with Crippen molar-refractivity contribution in [3.8, 4) is 0 Å². The van der Waals surface area contributed by atoms with E-state index in [1.54, 1.807) is 0 Å². The fourth-order valence-electron chi connectivity index (χ4n) is 1.56. The van der Waals surface area contributed by atoms with Gasteiger partial charge in [-0.3, -0.25) is 0 Å². The molecule has 2 unspecified atom stereocenters. The van der Waals surface area contributed by atoms with Crippen LogP contribution in [0.2, 0.25) is 0 Å². The molecule has 0 aromatic rings. The fraction of sp³-hybridized carbons (Fsp3) is 1.00. The Hall–Kier alpha value is 0.150. The Labute approximate surface area is 122 Å². The highest BCUT2D eigenvalue weighted by atomic mass is 32.2. The molecule has 0 amide bonds. The minimum Gasteiger partial charge on any atom is -0.391 e. The van der Waals surface area contributed by atoms with Gasteiger partial charge >= 0.3 is 0 Å². The van der Waals surface area contributed by atoms with Crippen molar-refractivity contribution in [2.45, 2.75) is 38.2 Å². The molecule has 0 spiro atoms. The van der Waals surface area contributed by atoms with Crippen LogP contribution in [-0.4, -0.2) is 61.6 Å². The van der Waals surface area contributed by atoms with E-state index in [-0.39, 0.29) is 11.5 Å². The van der Waals surface area contributed by atoms with E-state index in [2.05, 4.69) is 22.9 Å². The smallest absolute Gasteiger partial charge is 0.0793 e. The van der Waals surface area contributed by atoms with Crippen molar-refractivity contribution >= 4 is 11.8 Å². The molecule has 19 heavy (non-hydrogen) atoms. The second kappa shape index (κ2) is 14.6. The van der Waals surface area contributed by atoms with Gasteiger partial charge in [-0.2, -0.15) is 0 Å². The first-order valence-corrected chi connectivity index (χ1v) is 8.41. The summed E-state index contributed by atoms with van der Waals surface area (Å²) in [6.07, 6.45) is 2.10. The van der Waals surface area contributed by atoms with Gasteiger partial charge in [0.05, 0.1) is 11.5 Å². The first-order valence-electron chi connectivity index (χ1n) is 7.37. The summed E-state index contributed by atoms with van der Waals surface area (Å²) in [4.78, 5) is 0. The molecule has 0 saturated heterocycles. The van der Waals surface area contributed by atoms with Gasteiger partial charge in [0, 0.05) is 39.3 Å². The maximum absolute atomic E-state index is 9.69. The molecule has 0 rings (SSSR count). The molecule has 0 aromatic heterocycles. The SMILES string of the molecule is CCCCSC(NCCNCCNCCN)C(C)O. The van der Waals surface area contributed by atoms with Crippen LogP contribution in [0.5, 0.6) is 0 Å². The fourth-order valence-corrected chi connectivity index (χ4v) is 2.78. The third-order valence-electron chi connectivity index (χ3n) is 2.68. The lowest BCUT2D eigenvalue weighted by Gasteiger charge is -2.21. The molecule has 0 fully saturated rings. The van der Waals surface area contributed by atoms with Gasteiger partial charge in [-0.15, -0.1) is 11.8 Å². The van der Waals surface area contributed by atoms with Crippen molar-refractivity contribution in [2.24, 2.45) is 5.73 Å². The average molecular weight is 292 g/mol. The third kappa shape index (κ3) is 12.9. The van der Waals surface area contributed by atoms with Crippen LogP contribution < -0.4 is 21.7 Å². The van der Waals surface area contributed by atoms with E-state index in [1.807, 2.05) is 18.7 Å². The molecule has 0 heterocycles. The molecule has 6 heteroatoms. The van der Waals surface area contributed by atoms with Gasteiger partial charge in [-0.25, -0.2) is 0 Å². The van der Waals surface area contributed by atoms with Gasteiger partial charge < -0.3 is 26.8 Å². The Morgan fingerprint density at radius 1 is 1.11 bits per heavy atom. The minimum atomic E-state index is -0.312. The number of thioether (sulfide) groups is 1. The maximum Gasteiger partial charge on any atom is 0.0793 e. The Kier molecular flexibility index (Phi) is 14.7. The number of unbranched alkanes of at least 4 members (excludes halogenated alkanes) is 1. The van der Waals surface area contributed by atoms with Gasteiger partial charge in [0.15, 0.2) is 0 Å². The third-order valence-corrected chi connectivity index (χ3v) is 4.12. The van der Waals surface area contributed by atoms with Crippen molar-refractivity contribution in [1.29, 1.82) is 0 Å². The van der Waals surface area contributed by atoms with Crippen LogP contribution in [0.4, 0.5) is 0 Å². The zero-order valence-corrected chi connectivity index (χ0v) is 13.3. The number of aliphatic hydroxyl groups excluding tert-OH is 1. The molecule has 116 valence electrons. The number of rotatable bonds is 14. The number of hydrogen-bond donors (Lipinski definition) is 5. The molecule has 0 aliphatic carbocycles. The van der Waals surface area contributed by atoms with Gasteiger partial charge in [0.1, 0.15) is 0 Å². The summed E-state index contributed by atoms with van der Waals surface area (Å²) in [7, 11) is 0. The zero-order valence-electron chi connectivity index (χ0n) is 12.5. The first kappa shape index (κ1) is 19.1. The van der Waals surface area contributed by atoms with Crippen molar-refractivity contribution in [1.82, 2.24) is 16.0 Å². The Morgan fingerprint density at radius 3 is 2.32 bits per heavy atom. The molecular formula is C13H32N4OS. The molecule has 0 aliphatic heterocycles. The summed E-state index contributed by atoms with van der Waals surface area (Å²) in [5, 5.41) is 19.8. The van der Waals surface area contributed by atoms with E-state index in [1.165, 1.54) is 12.8 Å². The highest BCUT2D eigenvalue weighted by Crippen LogP contribution is 2.13. The topological polar surface area (TPSA) is 82.3 Å². The van der Waals surface area contributed by atoms with E-state index >= 15 is 0 Å². The lowest BCUT2D eigenvalue weighted by molar-refractivity contribution is 0.179.